The summed E-state index contributed by atoms with van der Waals surface area (Å²) in [5.74, 6) is -0.259. The van der Waals surface area contributed by atoms with E-state index in [9.17, 15) is 9.90 Å². The van der Waals surface area contributed by atoms with Crippen LogP contribution in [0.3, 0.4) is 0 Å². The molecule has 1 unspecified atom stereocenters. The van der Waals surface area contributed by atoms with Crippen LogP contribution in [-0.4, -0.2) is 22.5 Å². The first-order chi connectivity index (χ1) is 9.56. The van der Waals surface area contributed by atoms with Crippen molar-refractivity contribution in [2.75, 3.05) is 6.54 Å². The van der Waals surface area contributed by atoms with Crippen LogP contribution >= 0.6 is 11.6 Å². The summed E-state index contributed by atoms with van der Waals surface area (Å²) < 4.78 is 0. The van der Waals surface area contributed by atoms with Gasteiger partial charge in [0, 0.05) is 23.5 Å². The second-order valence-corrected chi connectivity index (χ2v) is 4.90. The highest BCUT2D eigenvalue weighted by Crippen LogP contribution is 2.15. The maximum absolute atomic E-state index is 11.9. The van der Waals surface area contributed by atoms with Crippen molar-refractivity contribution in [1.82, 2.24) is 10.3 Å². The number of aromatic nitrogens is 1. The summed E-state index contributed by atoms with van der Waals surface area (Å²) >= 11 is 5.78. The first-order valence-electron chi connectivity index (χ1n) is 6.20. The lowest BCUT2D eigenvalue weighted by Crippen LogP contribution is -2.28. The topological polar surface area (TPSA) is 62.2 Å². The van der Waals surface area contributed by atoms with Gasteiger partial charge in [-0.3, -0.25) is 9.78 Å². The molecule has 0 aliphatic rings. The Kier molecular flexibility index (Phi) is 4.71. The van der Waals surface area contributed by atoms with Gasteiger partial charge in [0.25, 0.3) is 5.91 Å². The molecule has 2 N–H and O–H groups in total. The van der Waals surface area contributed by atoms with Crippen LogP contribution in [0.1, 0.15) is 27.7 Å². The quantitative estimate of drug-likeness (QED) is 0.909. The first-order valence-corrected chi connectivity index (χ1v) is 6.58. The molecule has 1 amide bonds. The van der Waals surface area contributed by atoms with Gasteiger partial charge in [-0.1, -0.05) is 23.7 Å². The molecule has 0 saturated carbocycles. The van der Waals surface area contributed by atoms with Crippen molar-refractivity contribution in [2.45, 2.75) is 13.0 Å². The number of aliphatic hydroxyl groups is 1. The molecule has 104 valence electrons. The predicted octanol–water partition coefficient (Wildman–Crippen LogP) is 2.51. The molecule has 4 nitrogen and oxygen atoms in total. The zero-order chi connectivity index (χ0) is 14.5. The number of pyridine rings is 1. The van der Waals surface area contributed by atoms with Crippen LogP contribution in [0.15, 0.2) is 42.6 Å². The normalized spacial score (nSPS) is 11.9. The predicted molar refractivity (Wildman–Crippen MR) is 77.7 cm³/mol. The molecule has 1 atom stereocenters. The van der Waals surface area contributed by atoms with Crippen LogP contribution in [0.25, 0.3) is 0 Å². The molecular weight excluding hydrogens is 276 g/mol. The van der Waals surface area contributed by atoms with E-state index in [1.165, 1.54) is 6.20 Å². The molecule has 0 aliphatic carbocycles. The van der Waals surface area contributed by atoms with E-state index in [4.69, 9.17) is 11.6 Å². The number of benzene rings is 1. The van der Waals surface area contributed by atoms with Crippen molar-refractivity contribution in [1.29, 1.82) is 0 Å². The molecule has 0 saturated heterocycles. The van der Waals surface area contributed by atoms with Gasteiger partial charge in [-0.15, -0.1) is 0 Å². The number of aliphatic hydroxyl groups excluding tert-OH is 1. The average Bonchev–Trinajstić information content (AvgIpc) is 2.46. The van der Waals surface area contributed by atoms with E-state index in [0.29, 0.717) is 16.1 Å². The maximum atomic E-state index is 11.9. The molecule has 0 aliphatic heterocycles. The summed E-state index contributed by atoms with van der Waals surface area (Å²) in [5.41, 5.74) is 2.03. The largest absolute Gasteiger partial charge is 0.387 e. The van der Waals surface area contributed by atoms with E-state index in [-0.39, 0.29) is 12.5 Å². The van der Waals surface area contributed by atoms with Crippen LogP contribution < -0.4 is 5.32 Å². The Morgan fingerprint density at radius 3 is 2.60 bits per heavy atom. The summed E-state index contributed by atoms with van der Waals surface area (Å²) in [5, 5.41) is 13.3. The number of hydrogen-bond donors (Lipinski definition) is 2. The number of nitrogens with one attached hydrogen (secondary N) is 1. The second kappa shape index (κ2) is 6.50. The van der Waals surface area contributed by atoms with Crippen LogP contribution in [0.4, 0.5) is 0 Å². The summed E-state index contributed by atoms with van der Waals surface area (Å²) in [6.45, 7) is 1.99. The van der Waals surface area contributed by atoms with Crippen molar-refractivity contribution >= 4 is 17.5 Å². The minimum absolute atomic E-state index is 0.133. The first kappa shape index (κ1) is 14.5. The van der Waals surface area contributed by atoms with Gasteiger partial charge in [0.1, 0.15) is 0 Å². The highest BCUT2D eigenvalue weighted by molar-refractivity contribution is 6.30. The molecule has 0 bridgehead atoms. The molecule has 0 fully saturated rings. The van der Waals surface area contributed by atoms with Crippen molar-refractivity contribution in [3.05, 3.63) is 64.4 Å². The third kappa shape index (κ3) is 3.79. The third-order valence-electron chi connectivity index (χ3n) is 2.88. The zero-order valence-corrected chi connectivity index (χ0v) is 11.8. The number of aryl methyl sites for hydroxylation is 1. The van der Waals surface area contributed by atoms with Gasteiger partial charge in [0.2, 0.25) is 0 Å². The smallest absolute Gasteiger partial charge is 0.252 e. The van der Waals surface area contributed by atoms with Crippen molar-refractivity contribution in [3.63, 3.8) is 0 Å². The monoisotopic (exact) mass is 290 g/mol. The lowest BCUT2D eigenvalue weighted by molar-refractivity contribution is 0.0916. The Morgan fingerprint density at radius 1 is 1.30 bits per heavy atom. The van der Waals surface area contributed by atoms with Crippen LogP contribution in [0.2, 0.25) is 5.02 Å². The summed E-state index contributed by atoms with van der Waals surface area (Å²) in [4.78, 5) is 15.9. The number of halogens is 1. The number of amides is 1. The lowest BCUT2D eigenvalue weighted by atomic mass is 10.1. The van der Waals surface area contributed by atoms with Crippen molar-refractivity contribution < 1.29 is 9.90 Å². The van der Waals surface area contributed by atoms with E-state index in [1.807, 2.05) is 6.92 Å². The standard InChI is InChI=1S/C15H15ClN2O2/c1-10-2-3-12(8-17-10)15(20)18-9-14(19)11-4-6-13(16)7-5-11/h2-8,14,19H,9H2,1H3,(H,18,20). The van der Waals surface area contributed by atoms with Crippen molar-refractivity contribution in [2.24, 2.45) is 0 Å². The van der Waals surface area contributed by atoms with E-state index in [0.717, 1.165) is 5.69 Å². The van der Waals surface area contributed by atoms with Gasteiger partial charge in [0.05, 0.1) is 11.7 Å². The fourth-order valence-electron chi connectivity index (χ4n) is 1.70. The van der Waals surface area contributed by atoms with Gasteiger partial charge in [-0.25, -0.2) is 0 Å². The minimum atomic E-state index is -0.769. The molecule has 0 spiro atoms. The Bertz CT molecular complexity index is 582. The number of rotatable bonds is 4. The summed E-state index contributed by atoms with van der Waals surface area (Å²) in [6, 6.07) is 10.3. The number of carbonyl (C=O) groups excluding carboxylic acids is 1. The Hall–Kier alpha value is -1.91. The second-order valence-electron chi connectivity index (χ2n) is 4.47. The van der Waals surface area contributed by atoms with E-state index in [2.05, 4.69) is 10.3 Å². The maximum Gasteiger partial charge on any atom is 0.252 e. The summed E-state index contributed by atoms with van der Waals surface area (Å²) in [7, 11) is 0. The SMILES string of the molecule is Cc1ccc(C(=O)NCC(O)c2ccc(Cl)cc2)cn1. The number of hydrogen-bond acceptors (Lipinski definition) is 3. The average molecular weight is 291 g/mol. The number of carbonyl (C=O) groups is 1. The minimum Gasteiger partial charge on any atom is -0.387 e. The highest BCUT2D eigenvalue weighted by atomic mass is 35.5. The van der Waals surface area contributed by atoms with Gasteiger partial charge in [0.15, 0.2) is 0 Å². The van der Waals surface area contributed by atoms with Gasteiger partial charge >= 0.3 is 0 Å². The van der Waals surface area contributed by atoms with Crippen LogP contribution in [0.5, 0.6) is 0 Å². The van der Waals surface area contributed by atoms with E-state index < -0.39 is 6.10 Å². The molecule has 1 heterocycles. The molecule has 1 aromatic heterocycles. The van der Waals surface area contributed by atoms with E-state index >= 15 is 0 Å². The molecular formula is C15H15ClN2O2. The fraction of sp³-hybridized carbons (Fsp3) is 0.200. The third-order valence-corrected chi connectivity index (χ3v) is 3.14. The highest BCUT2D eigenvalue weighted by Gasteiger charge is 2.11. The van der Waals surface area contributed by atoms with Gasteiger partial charge in [-0.05, 0) is 36.8 Å². The Labute approximate surface area is 122 Å². The van der Waals surface area contributed by atoms with Crippen LogP contribution in [0, 0.1) is 6.92 Å². The number of nitrogens with zero attached hydrogens (tertiary/aromatic N) is 1. The zero-order valence-electron chi connectivity index (χ0n) is 11.0. The molecule has 2 aromatic rings. The Balaban J connectivity index is 1.92. The molecule has 2 rings (SSSR count). The van der Waals surface area contributed by atoms with E-state index in [1.54, 1.807) is 36.4 Å². The van der Waals surface area contributed by atoms with Gasteiger partial charge in [-0.2, -0.15) is 0 Å². The molecule has 1 aromatic carbocycles. The molecule has 20 heavy (non-hydrogen) atoms. The molecule has 5 heteroatoms. The Morgan fingerprint density at radius 2 is 2.00 bits per heavy atom. The summed E-state index contributed by atoms with van der Waals surface area (Å²) in [6.07, 6.45) is 0.744. The van der Waals surface area contributed by atoms with Gasteiger partial charge < -0.3 is 10.4 Å². The molecule has 0 radical (unpaired) electrons. The van der Waals surface area contributed by atoms with Crippen LogP contribution in [-0.2, 0) is 0 Å². The fourth-order valence-corrected chi connectivity index (χ4v) is 1.82. The van der Waals surface area contributed by atoms with Crippen molar-refractivity contribution in [3.8, 4) is 0 Å². The lowest BCUT2D eigenvalue weighted by Gasteiger charge is -2.12.